The highest BCUT2D eigenvalue weighted by Gasteiger charge is 2.67. The summed E-state index contributed by atoms with van der Waals surface area (Å²) in [4.78, 5) is 0. The predicted octanol–water partition coefficient (Wildman–Crippen LogP) is 4.44. The van der Waals surface area contributed by atoms with E-state index in [1.165, 1.54) is 32.1 Å². The van der Waals surface area contributed by atoms with E-state index in [1.807, 2.05) is 0 Å². The van der Waals surface area contributed by atoms with Gasteiger partial charge in [-0.1, -0.05) is 25.5 Å². The van der Waals surface area contributed by atoms with Crippen LogP contribution in [-0.4, -0.2) is 38.0 Å². The molecule has 4 heteroatoms. The van der Waals surface area contributed by atoms with Crippen LogP contribution < -0.4 is 0 Å². The van der Waals surface area contributed by atoms with Gasteiger partial charge in [-0.2, -0.15) is 0 Å². The molecule has 0 bridgehead atoms. The molecule has 6 aliphatic rings. The van der Waals surface area contributed by atoms with Crippen molar-refractivity contribution in [2.24, 2.45) is 28.6 Å². The van der Waals surface area contributed by atoms with Gasteiger partial charge in [-0.25, -0.2) is 0 Å². The van der Waals surface area contributed by atoms with Gasteiger partial charge in [0.15, 0.2) is 11.6 Å². The highest BCUT2D eigenvalue weighted by molar-refractivity contribution is 5.27. The first-order valence-electron chi connectivity index (χ1n) is 11.3. The van der Waals surface area contributed by atoms with Crippen LogP contribution in [0.4, 0.5) is 0 Å². The molecule has 0 aromatic heterocycles. The van der Waals surface area contributed by atoms with Gasteiger partial charge < -0.3 is 18.9 Å². The number of fused-ring (bicyclic) bond motifs is 6. The second-order valence-corrected chi connectivity index (χ2v) is 10.5. The summed E-state index contributed by atoms with van der Waals surface area (Å²) >= 11 is 0. The maximum Gasteiger partial charge on any atom is 0.174 e. The molecule has 27 heavy (non-hydrogen) atoms. The van der Waals surface area contributed by atoms with Gasteiger partial charge in [0, 0.05) is 24.7 Å². The highest BCUT2D eigenvalue weighted by atomic mass is 16.7. The SMILES string of the molecule is C[C@@]12CCC3(CC1=CC[C@H]1C2CC[C@]2(C)C1CCC21OCCO1)OCCO3. The Hall–Kier alpha value is -0.420. The largest absolute Gasteiger partial charge is 0.347 e. The van der Waals surface area contributed by atoms with Crippen LogP contribution in [0.3, 0.4) is 0 Å². The van der Waals surface area contributed by atoms with Gasteiger partial charge in [-0.05, 0) is 55.3 Å². The molecule has 0 N–H and O–H groups in total. The third-order valence-corrected chi connectivity index (χ3v) is 9.72. The minimum Gasteiger partial charge on any atom is -0.347 e. The van der Waals surface area contributed by atoms with Gasteiger partial charge in [0.2, 0.25) is 0 Å². The van der Waals surface area contributed by atoms with Crippen molar-refractivity contribution in [1.82, 2.24) is 0 Å². The van der Waals surface area contributed by atoms with Gasteiger partial charge in [0.25, 0.3) is 0 Å². The Balaban J connectivity index is 1.32. The molecule has 150 valence electrons. The van der Waals surface area contributed by atoms with Crippen LogP contribution >= 0.6 is 0 Å². The summed E-state index contributed by atoms with van der Waals surface area (Å²) in [5.41, 5.74) is 2.15. The topological polar surface area (TPSA) is 36.9 Å². The van der Waals surface area contributed by atoms with Crippen LogP contribution in [0.25, 0.3) is 0 Å². The zero-order valence-corrected chi connectivity index (χ0v) is 16.9. The van der Waals surface area contributed by atoms with E-state index < -0.39 is 0 Å². The summed E-state index contributed by atoms with van der Waals surface area (Å²) in [5, 5.41) is 0. The lowest BCUT2D eigenvalue weighted by Crippen LogP contribution is -2.55. The van der Waals surface area contributed by atoms with E-state index in [1.54, 1.807) is 5.57 Å². The molecule has 5 fully saturated rings. The second-order valence-electron chi connectivity index (χ2n) is 10.5. The summed E-state index contributed by atoms with van der Waals surface area (Å²) in [6, 6.07) is 0. The molecule has 0 amide bonds. The van der Waals surface area contributed by atoms with E-state index in [9.17, 15) is 0 Å². The van der Waals surface area contributed by atoms with Crippen LogP contribution in [-0.2, 0) is 18.9 Å². The number of allylic oxidation sites excluding steroid dienone is 1. The lowest BCUT2D eigenvalue weighted by Gasteiger charge is -2.59. The first-order chi connectivity index (χ1) is 13.0. The van der Waals surface area contributed by atoms with Crippen molar-refractivity contribution in [2.75, 3.05) is 26.4 Å². The van der Waals surface area contributed by atoms with Crippen LogP contribution in [0, 0.1) is 28.6 Å². The number of rotatable bonds is 0. The Bertz CT molecular complexity index is 659. The molecule has 2 spiro atoms. The molecule has 0 aromatic rings. The minimum atomic E-state index is -0.301. The molecule has 5 atom stereocenters. The summed E-state index contributed by atoms with van der Waals surface area (Å²) in [6.45, 7) is 8.11. The molecular formula is C23H34O4. The van der Waals surface area contributed by atoms with E-state index in [2.05, 4.69) is 19.9 Å². The summed E-state index contributed by atoms with van der Waals surface area (Å²) in [7, 11) is 0. The first kappa shape index (κ1) is 17.4. The summed E-state index contributed by atoms with van der Waals surface area (Å²) in [6.07, 6.45) is 12.0. The Labute approximate surface area is 162 Å². The Morgan fingerprint density at radius 2 is 1.52 bits per heavy atom. The fourth-order valence-corrected chi connectivity index (χ4v) is 8.23. The summed E-state index contributed by atoms with van der Waals surface area (Å²) in [5.74, 6) is 1.73. The molecule has 4 nitrogen and oxygen atoms in total. The van der Waals surface area contributed by atoms with Crippen molar-refractivity contribution in [1.29, 1.82) is 0 Å². The predicted molar refractivity (Wildman–Crippen MR) is 101 cm³/mol. The van der Waals surface area contributed by atoms with E-state index in [-0.39, 0.29) is 17.0 Å². The molecule has 0 radical (unpaired) electrons. The van der Waals surface area contributed by atoms with Gasteiger partial charge in [0.05, 0.1) is 26.4 Å². The monoisotopic (exact) mass is 374 g/mol. The van der Waals surface area contributed by atoms with Crippen molar-refractivity contribution in [2.45, 2.75) is 76.8 Å². The molecule has 2 unspecified atom stereocenters. The zero-order valence-electron chi connectivity index (χ0n) is 16.9. The van der Waals surface area contributed by atoms with Gasteiger partial charge in [-0.3, -0.25) is 0 Å². The van der Waals surface area contributed by atoms with E-state index in [4.69, 9.17) is 18.9 Å². The molecule has 3 saturated carbocycles. The molecular weight excluding hydrogens is 340 g/mol. The van der Waals surface area contributed by atoms with Crippen molar-refractivity contribution in [3.05, 3.63) is 11.6 Å². The molecule has 2 aliphatic heterocycles. The zero-order chi connectivity index (χ0) is 18.3. The summed E-state index contributed by atoms with van der Waals surface area (Å²) < 4.78 is 24.7. The van der Waals surface area contributed by atoms with Crippen molar-refractivity contribution in [3.63, 3.8) is 0 Å². The van der Waals surface area contributed by atoms with E-state index >= 15 is 0 Å². The third kappa shape index (κ3) is 2.14. The van der Waals surface area contributed by atoms with Crippen molar-refractivity contribution >= 4 is 0 Å². The highest BCUT2D eigenvalue weighted by Crippen LogP contribution is 2.69. The van der Waals surface area contributed by atoms with Crippen LogP contribution in [0.2, 0.25) is 0 Å². The van der Waals surface area contributed by atoms with Gasteiger partial charge >= 0.3 is 0 Å². The lowest BCUT2D eigenvalue weighted by molar-refractivity contribution is -0.243. The second kappa shape index (κ2) is 5.59. The van der Waals surface area contributed by atoms with Crippen molar-refractivity contribution < 1.29 is 18.9 Å². The Morgan fingerprint density at radius 1 is 0.815 bits per heavy atom. The van der Waals surface area contributed by atoms with Gasteiger partial charge in [0.1, 0.15) is 0 Å². The fraction of sp³-hybridized carbons (Fsp3) is 0.913. The fourth-order valence-electron chi connectivity index (χ4n) is 8.23. The normalized spacial score (nSPS) is 49.7. The standard InChI is InChI=1S/C23H34O4/c1-20-9-10-22(24-11-12-25-22)15-16(20)3-4-17-18(20)5-7-21(2)19(17)6-8-23(21)26-13-14-27-23/h3,17-19H,4-15H2,1-2H3/t17-,18?,19?,20+,21+/m0/s1. The van der Waals surface area contributed by atoms with Crippen molar-refractivity contribution in [3.8, 4) is 0 Å². The van der Waals surface area contributed by atoms with Gasteiger partial charge in [-0.15, -0.1) is 0 Å². The minimum absolute atomic E-state index is 0.194. The van der Waals surface area contributed by atoms with Crippen LogP contribution in [0.5, 0.6) is 0 Å². The molecule has 2 heterocycles. The molecule has 0 aromatic carbocycles. The van der Waals surface area contributed by atoms with E-state index in [0.717, 1.165) is 63.4 Å². The first-order valence-corrected chi connectivity index (χ1v) is 11.3. The Morgan fingerprint density at radius 3 is 2.30 bits per heavy atom. The number of hydrogen-bond donors (Lipinski definition) is 0. The molecule has 4 aliphatic carbocycles. The number of ether oxygens (including phenoxy) is 4. The van der Waals surface area contributed by atoms with Crippen LogP contribution in [0.15, 0.2) is 11.6 Å². The average molecular weight is 375 g/mol. The quantitative estimate of drug-likeness (QED) is 0.588. The molecule has 6 rings (SSSR count). The third-order valence-electron chi connectivity index (χ3n) is 9.72. The lowest BCUT2D eigenvalue weighted by atomic mass is 9.47. The number of hydrogen-bond acceptors (Lipinski definition) is 4. The molecule has 2 saturated heterocycles. The maximum absolute atomic E-state index is 6.28. The smallest absolute Gasteiger partial charge is 0.174 e. The maximum atomic E-state index is 6.28. The Kier molecular flexibility index (Phi) is 3.61. The van der Waals surface area contributed by atoms with Crippen LogP contribution in [0.1, 0.15) is 65.2 Å². The average Bonchev–Trinajstić information content (AvgIpc) is 3.38. The van der Waals surface area contributed by atoms with E-state index in [0.29, 0.717) is 5.41 Å².